The van der Waals surface area contributed by atoms with E-state index in [0.29, 0.717) is 25.1 Å². The monoisotopic (exact) mass is 295 g/mol. The van der Waals surface area contributed by atoms with Gasteiger partial charge in [0.15, 0.2) is 6.29 Å². The summed E-state index contributed by atoms with van der Waals surface area (Å²) in [6.45, 7) is 1.35. The van der Waals surface area contributed by atoms with Gasteiger partial charge in [0.25, 0.3) is 0 Å². The van der Waals surface area contributed by atoms with Crippen LogP contribution in [0, 0.1) is 11.7 Å². The molecule has 5 nitrogen and oxygen atoms in total. The van der Waals surface area contributed by atoms with E-state index in [1.807, 2.05) is 4.90 Å². The van der Waals surface area contributed by atoms with Crippen LogP contribution in [0.5, 0.6) is 0 Å². The number of aliphatic hydroxyl groups excluding tert-OH is 1. The summed E-state index contributed by atoms with van der Waals surface area (Å²) in [5.41, 5.74) is 0.350. The van der Waals surface area contributed by atoms with Gasteiger partial charge in [-0.25, -0.2) is 9.18 Å². The quantitative estimate of drug-likeness (QED) is 0.675. The van der Waals surface area contributed by atoms with Gasteiger partial charge in [-0.1, -0.05) is 0 Å². The lowest BCUT2D eigenvalue weighted by Gasteiger charge is -2.33. The van der Waals surface area contributed by atoms with Gasteiger partial charge in [-0.3, -0.25) is 4.79 Å². The Balaban J connectivity index is 2.29. The topological polar surface area (TPSA) is 66.8 Å². The molecule has 21 heavy (non-hydrogen) atoms. The molecule has 0 spiro atoms. The number of methoxy groups -OCH3 is 1. The van der Waals surface area contributed by atoms with Crippen LogP contribution in [0.1, 0.15) is 33.6 Å². The van der Waals surface area contributed by atoms with E-state index in [1.165, 1.54) is 13.2 Å². The minimum atomic E-state index is -0.735. The minimum Gasteiger partial charge on any atom is -0.465 e. The number of rotatable bonds is 4. The third-order valence-electron chi connectivity index (χ3n) is 3.86. The molecule has 1 aromatic rings. The Morgan fingerprint density at radius 3 is 2.67 bits per heavy atom. The third kappa shape index (κ3) is 3.21. The number of piperidine rings is 1. The Morgan fingerprint density at radius 2 is 2.14 bits per heavy atom. The number of halogens is 1. The highest BCUT2D eigenvalue weighted by Gasteiger charge is 2.23. The molecule has 0 saturated carbocycles. The zero-order valence-corrected chi connectivity index (χ0v) is 11.8. The number of carbonyl (C=O) groups is 2. The number of benzene rings is 1. The first-order valence-electron chi connectivity index (χ1n) is 6.83. The molecule has 1 aliphatic heterocycles. The Labute approximate surface area is 122 Å². The maximum atomic E-state index is 14.2. The van der Waals surface area contributed by atoms with Gasteiger partial charge in [0.2, 0.25) is 0 Å². The minimum absolute atomic E-state index is 0.0704. The van der Waals surface area contributed by atoms with E-state index in [4.69, 9.17) is 5.11 Å². The fraction of sp³-hybridized carbons (Fsp3) is 0.467. The Kier molecular flexibility index (Phi) is 4.90. The molecule has 0 amide bonds. The number of esters is 1. The third-order valence-corrected chi connectivity index (χ3v) is 3.86. The summed E-state index contributed by atoms with van der Waals surface area (Å²) in [4.78, 5) is 24.5. The van der Waals surface area contributed by atoms with E-state index < -0.39 is 11.8 Å². The predicted octanol–water partition coefficient (Wildman–Crippen LogP) is 1.63. The number of hydrogen-bond acceptors (Lipinski definition) is 5. The highest BCUT2D eigenvalue weighted by atomic mass is 19.1. The van der Waals surface area contributed by atoms with Gasteiger partial charge in [-0.2, -0.15) is 0 Å². The van der Waals surface area contributed by atoms with Gasteiger partial charge in [-0.15, -0.1) is 0 Å². The lowest BCUT2D eigenvalue weighted by Crippen LogP contribution is -2.35. The summed E-state index contributed by atoms with van der Waals surface area (Å²) in [6.07, 6.45) is 2.06. The average Bonchev–Trinajstić information content (AvgIpc) is 2.54. The first-order valence-corrected chi connectivity index (χ1v) is 6.83. The molecule has 114 valence electrons. The van der Waals surface area contributed by atoms with Gasteiger partial charge < -0.3 is 14.7 Å². The first-order chi connectivity index (χ1) is 10.1. The van der Waals surface area contributed by atoms with Crippen molar-refractivity contribution in [3.05, 3.63) is 29.1 Å². The van der Waals surface area contributed by atoms with E-state index in [0.717, 1.165) is 18.9 Å². The van der Waals surface area contributed by atoms with Crippen LogP contribution in [0.2, 0.25) is 0 Å². The van der Waals surface area contributed by atoms with Gasteiger partial charge in [0.1, 0.15) is 5.82 Å². The molecule has 0 unspecified atom stereocenters. The van der Waals surface area contributed by atoms with Crippen molar-refractivity contribution < 1.29 is 23.8 Å². The Morgan fingerprint density at radius 1 is 1.48 bits per heavy atom. The highest BCUT2D eigenvalue weighted by molar-refractivity contribution is 5.99. The van der Waals surface area contributed by atoms with E-state index in [9.17, 15) is 14.0 Å². The largest absolute Gasteiger partial charge is 0.465 e. The van der Waals surface area contributed by atoms with Crippen LogP contribution in [0.4, 0.5) is 10.1 Å². The summed E-state index contributed by atoms with van der Waals surface area (Å²) < 4.78 is 18.8. The van der Waals surface area contributed by atoms with E-state index in [-0.39, 0.29) is 23.7 Å². The number of aliphatic hydroxyl groups is 1. The maximum Gasteiger partial charge on any atom is 0.338 e. The van der Waals surface area contributed by atoms with E-state index in [1.54, 1.807) is 0 Å². The van der Waals surface area contributed by atoms with Crippen LogP contribution in [0.25, 0.3) is 0 Å². The first kappa shape index (κ1) is 15.4. The molecule has 0 radical (unpaired) electrons. The highest BCUT2D eigenvalue weighted by Crippen LogP contribution is 2.28. The fourth-order valence-electron chi connectivity index (χ4n) is 2.56. The molecular weight excluding hydrogens is 277 g/mol. The lowest BCUT2D eigenvalue weighted by molar-refractivity contribution is 0.0598. The molecule has 1 heterocycles. The van der Waals surface area contributed by atoms with Crippen LogP contribution in [-0.4, -0.2) is 44.2 Å². The van der Waals surface area contributed by atoms with Gasteiger partial charge >= 0.3 is 5.97 Å². The van der Waals surface area contributed by atoms with E-state index in [2.05, 4.69) is 4.74 Å². The van der Waals surface area contributed by atoms with Gasteiger partial charge in [0, 0.05) is 25.3 Å². The van der Waals surface area contributed by atoms with Crippen molar-refractivity contribution in [3.8, 4) is 0 Å². The van der Waals surface area contributed by atoms with Crippen LogP contribution in [0.15, 0.2) is 12.1 Å². The molecule has 0 atom stereocenters. The summed E-state index contributed by atoms with van der Waals surface area (Å²) in [5, 5.41) is 9.12. The average molecular weight is 295 g/mol. The summed E-state index contributed by atoms with van der Waals surface area (Å²) in [5.74, 6) is -1.05. The zero-order valence-electron chi connectivity index (χ0n) is 11.8. The van der Waals surface area contributed by atoms with Crippen molar-refractivity contribution in [2.45, 2.75) is 12.8 Å². The van der Waals surface area contributed by atoms with Crippen molar-refractivity contribution in [1.29, 1.82) is 0 Å². The maximum absolute atomic E-state index is 14.2. The number of aldehydes is 1. The van der Waals surface area contributed by atoms with Crippen molar-refractivity contribution >= 4 is 17.9 Å². The molecule has 1 saturated heterocycles. The van der Waals surface area contributed by atoms with Crippen molar-refractivity contribution in [2.24, 2.45) is 5.92 Å². The molecule has 1 aliphatic rings. The summed E-state index contributed by atoms with van der Waals surface area (Å²) in [7, 11) is 1.18. The van der Waals surface area contributed by atoms with Crippen LogP contribution >= 0.6 is 0 Å². The molecule has 6 heteroatoms. The number of nitrogens with zero attached hydrogens (tertiary/aromatic N) is 1. The van der Waals surface area contributed by atoms with Crippen molar-refractivity contribution in [2.75, 3.05) is 31.7 Å². The molecule has 1 fully saturated rings. The molecule has 1 N–H and O–H groups in total. The molecule has 2 rings (SSSR count). The number of carbonyl (C=O) groups excluding carboxylic acids is 2. The Bertz CT molecular complexity index is 539. The second-order valence-electron chi connectivity index (χ2n) is 5.11. The molecule has 0 bridgehead atoms. The Hall–Kier alpha value is -1.95. The number of ether oxygens (including phenoxy) is 1. The lowest BCUT2D eigenvalue weighted by atomic mass is 9.97. The fourth-order valence-corrected chi connectivity index (χ4v) is 2.56. The number of hydrogen-bond donors (Lipinski definition) is 1. The molecule has 0 aliphatic carbocycles. The van der Waals surface area contributed by atoms with Crippen LogP contribution < -0.4 is 4.90 Å². The normalized spacial score (nSPS) is 15.9. The van der Waals surface area contributed by atoms with Crippen molar-refractivity contribution in [1.82, 2.24) is 0 Å². The van der Waals surface area contributed by atoms with Gasteiger partial charge in [0.05, 0.1) is 18.4 Å². The number of anilines is 1. The van der Waals surface area contributed by atoms with Crippen LogP contribution in [0.3, 0.4) is 0 Å². The zero-order chi connectivity index (χ0) is 15.4. The van der Waals surface area contributed by atoms with E-state index >= 15 is 0 Å². The van der Waals surface area contributed by atoms with Gasteiger partial charge in [-0.05, 0) is 30.9 Å². The standard InChI is InChI=1S/C15H18FNO4/c1-21-15(20)12-7-13(16)14(6-11(12)9-19)17-4-2-10(8-18)3-5-17/h6-7,9-10,18H,2-5,8H2,1H3. The SMILES string of the molecule is COC(=O)c1cc(F)c(N2CCC(CO)CC2)cc1C=O. The second-order valence-corrected chi connectivity index (χ2v) is 5.11. The van der Waals surface area contributed by atoms with Crippen molar-refractivity contribution in [3.63, 3.8) is 0 Å². The smallest absolute Gasteiger partial charge is 0.338 e. The summed E-state index contributed by atoms with van der Waals surface area (Å²) in [6, 6.07) is 2.43. The molecule has 1 aromatic carbocycles. The second kappa shape index (κ2) is 6.67. The predicted molar refractivity (Wildman–Crippen MR) is 75.1 cm³/mol. The molecule has 0 aromatic heterocycles. The molecular formula is C15H18FNO4. The summed E-state index contributed by atoms with van der Waals surface area (Å²) >= 11 is 0. The van der Waals surface area contributed by atoms with Crippen LogP contribution in [-0.2, 0) is 4.74 Å².